The molecule has 0 aromatic heterocycles. The lowest BCUT2D eigenvalue weighted by molar-refractivity contribution is 0.316. The summed E-state index contributed by atoms with van der Waals surface area (Å²) in [6, 6.07) is 6.40. The molecule has 1 aliphatic rings. The molecule has 0 bridgehead atoms. The summed E-state index contributed by atoms with van der Waals surface area (Å²) < 4.78 is 5.62. The summed E-state index contributed by atoms with van der Waals surface area (Å²) in [5.74, 6) is 0.977. The molecule has 1 heterocycles. The van der Waals surface area contributed by atoms with Crippen molar-refractivity contribution in [2.45, 2.75) is 25.8 Å². The van der Waals surface area contributed by atoms with E-state index in [9.17, 15) is 0 Å². The zero-order chi connectivity index (χ0) is 9.26. The first kappa shape index (κ1) is 8.57. The fourth-order valence-electron chi connectivity index (χ4n) is 1.71. The van der Waals surface area contributed by atoms with Gasteiger partial charge in [-0.05, 0) is 31.4 Å². The van der Waals surface area contributed by atoms with Gasteiger partial charge in [-0.1, -0.05) is 12.1 Å². The highest BCUT2D eigenvalue weighted by Gasteiger charge is 2.15. The second-order valence-corrected chi connectivity index (χ2v) is 3.64. The van der Waals surface area contributed by atoms with E-state index in [4.69, 9.17) is 10.5 Å². The molecular weight excluding hydrogens is 162 g/mol. The minimum absolute atomic E-state index is 0.151. The molecule has 2 heteroatoms. The maximum absolute atomic E-state index is 6.02. The van der Waals surface area contributed by atoms with Crippen molar-refractivity contribution in [1.82, 2.24) is 0 Å². The van der Waals surface area contributed by atoms with Gasteiger partial charge in [0.25, 0.3) is 0 Å². The molecule has 0 radical (unpaired) electrons. The van der Waals surface area contributed by atoms with Gasteiger partial charge < -0.3 is 10.5 Å². The van der Waals surface area contributed by atoms with E-state index in [0.717, 1.165) is 30.8 Å². The van der Waals surface area contributed by atoms with Crippen molar-refractivity contribution >= 4 is 0 Å². The molecule has 0 saturated heterocycles. The van der Waals surface area contributed by atoms with Crippen LogP contribution in [0.1, 0.15) is 30.0 Å². The average Bonchev–Trinajstić information content (AvgIpc) is 2.28. The van der Waals surface area contributed by atoms with Crippen molar-refractivity contribution in [3.8, 4) is 5.75 Å². The molecule has 1 unspecified atom stereocenters. The molecule has 1 aromatic rings. The molecule has 2 nitrogen and oxygen atoms in total. The normalized spacial score (nSPS) is 21.5. The minimum atomic E-state index is 0.151. The van der Waals surface area contributed by atoms with E-state index >= 15 is 0 Å². The SMILES string of the molecule is Cc1ccc2c(c1)OCCCC2N. The van der Waals surface area contributed by atoms with Gasteiger partial charge >= 0.3 is 0 Å². The monoisotopic (exact) mass is 177 g/mol. The van der Waals surface area contributed by atoms with E-state index in [0.29, 0.717) is 0 Å². The quantitative estimate of drug-likeness (QED) is 0.659. The van der Waals surface area contributed by atoms with Crippen LogP contribution in [0.4, 0.5) is 0 Å². The summed E-state index contributed by atoms with van der Waals surface area (Å²) >= 11 is 0. The molecule has 1 aromatic carbocycles. The standard InChI is InChI=1S/C11H15NO/c1-8-4-5-9-10(12)3-2-6-13-11(9)7-8/h4-5,7,10H,2-3,6,12H2,1H3. The van der Waals surface area contributed by atoms with E-state index in [1.807, 2.05) is 0 Å². The van der Waals surface area contributed by atoms with Crippen molar-refractivity contribution < 1.29 is 4.74 Å². The summed E-state index contributed by atoms with van der Waals surface area (Å²) in [7, 11) is 0. The number of hydrogen-bond donors (Lipinski definition) is 1. The topological polar surface area (TPSA) is 35.2 Å². The maximum atomic E-state index is 6.02. The van der Waals surface area contributed by atoms with E-state index in [2.05, 4.69) is 25.1 Å². The smallest absolute Gasteiger partial charge is 0.124 e. The summed E-state index contributed by atoms with van der Waals surface area (Å²) in [6.07, 6.45) is 2.07. The van der Waals surface area contributed by atoms with Gasteiger partial charge in [0.1, 0.15) is 5.75 Å². The number of fused-ring (bicyclic) bond motifs is 1. The summed E-state index contributed by atoms with van der Waals surface area (Å²) in [5, 5.41) is 0. The predicted octanol–water partition coefficient (Wildman–Crippen LogP) is 2.17. The second kappa shape index (κ2) is 3.38. The largest absolute Gasteiger partial charge is 0.493 e. The van der Waals surface area contributed by atoms with Crippen LogP contribution in [0.25, 0.3) is 0 Å². The fourth-order valence-corrected chi connectivity index (χ4v) is 1.71. The van der Waals surface area contributed by atoms with Gasteiger partial charge in [0.05, 0.1) is 6.61 Å². The van der Waals surface area contributed by atoms with Gasteiger partial charge in [0.15, 0.2) is 0 Å². The van der Waals surface area contributed by atoms with Crippen molar-refractivity contribution in [2.24, 2.45) is 5.73 Å². The highest BCUT2D eigenvalue weighted by Crippen LogP contribution is 2.30. The third kappa shape index (κ3) is 1.68. The van der Waals surface area contributed by atoms with Gasteiger partial charge in [0, 0.05) is 11.6 Å². The predicted molar refractivity (Wildman–Crippen MR) is 52.8 cm³/mol. The molecule has 13 heavy (non-hydrogen) atoms. The molecule has 0 spiro atoms. The van der Waals surface area contributed by atoms with Crippen LogP contribution in [-0.4, -0.2) is 6.61 Å². The number of hydrogen-bond acceptors (Lipinski definition) is 2. The van der Waals surface area contributed by atoms with Crippen molar-refractivity contribution in [3.63, 3.8) is 0 Å². The Balaban J connectivity index is 2.42. The zero-order valence-electron chi connectivity index (χ0n) is 7.92. The molecule has 0 saturated carbocycles. The van der Waals surface area contributed by atoms with Gasteiger partial charge in [-0.25, -0.2) is 0 Å². The summed E-state index contributed by atoms with van der Waals surface area (Å²) in [5.41, 5.74) is 8.40. The van der Waals surface area contributed by atoms with Gasteiger partial charge in [-0.2, -0.15) is 0 Å². The highest BCUT2D eigenvalue weighted by molar-refractivity contribution is 5.39. The van der Waals surface area contributed by atoms with E-state index in [1.165, 1.54) is 5.56 Å². The summed E-state index contributed by atoms with van der Waals surface area (Å²) in [4.78, 5) is 0. The molecular formula is C11H15NO. The van der Waals surface area contributed by atoms with E-state index in [-0.39, 0.29) is 6.04 Å². The first-order valence-electron chi connectivity index (χ1n) is 4.76. The Bertz CT molecular complexity index is 309. The van der Waals surface area contributed by atoms with Crippen molar-refractivity contribution in [2.75, 3.05) is 6.61 Å². The second-order valence-electron chi connectivity index (χ2n) is 3.64. The lowest BCUT2D eigenvalue weighted by Crippen LogP contribution is -2.08. The van der Waals surface area contributed by atoms with Crippen LogP contribution in [0.15, 0.2) is 18.2 Å². The molecule has 0 amide bonds. The molecule has 0 fully saturated rings. The Morgan fingerprint density at radius 1 is 1.46 bits per heavy atom. The van der Waals surface area contributed by atoms with Crippen LogP contribution in [0, 0.1) is 6.92 Å². The average molecular weight is 177 g/mol. The molecule has 70 valence electrons. The van der Waals surface area contributed by atoms with Crippen LogP contribution in [0.5, 0.6) is 5.75 Å². The lowest BCUT2D eigenvalue weighted by Gasteiger charge is -2.11. The molecule has 1 aliphatic heterocycles. The van der Waals surface area contributed by atoms with Crippen LogP contribution in [0.2, 0.25) is 0 Å². The Morgan fingerprint density at radius 2 is 2.31 bits per heavy atom. The highest BCUT2D eigenvalue weighted by atomic mass is 16.5. The van der Waals surface area contributed by atoms with E-state index in [1.54, 1.807) is 0 Å². The maximum Gasteiger partial charge on any atom is 0.124 e. The number of aryl methyl sites for hydroxylation is 1. The van der Waals surface area contributed by atoms with Crippen LogP contribution < -0.4 is 10.5 Å². The van der Waals surface area contributed by atoms with Crippen LogP contribution in [-0.2, 0) is 0 Å². The number of nitrogens with two attached hydrogens (primary N) is 1. The van der Waals surface area contributed by atoms with Gasteiger partial charge in [0.2, 0.25) is 0 Å². The summed E-state index contributed by atoms with van der Waals surface area (Å²) in [6.45, 7) is 2.87. The third-order valence-electron chi connectivity index (χ3n) is 2.49. The Morgan fingerprint density at radius 3 is 3.15 bits per heavy atom. The Labute approximate surface area is 78.7 Å². The first-order chi connectivity index (χ1) is 6.27. The number of rotatable bonds is 0. The molecule has 0 aliphatic carbocycles. The van der Waals surface area contributed by atoms with Crippen molar-refractivity contribution in [1.29, 1.82) is 0 Å². The van der Waals surface area contributed by atoms with Crippen LogP contribution in [0.3, 0.4) is 0 Å². The fraction of sp³-hybridized carbons (Fsp3) is 0.455. The zero-order valence-corrected chi connectivity index (χ0v) is 7.92. The van der Waals surface area contributed by atoms with Gasteiger partial charge in [-0.15, -0.1) is 0 Å². The van der Waals surface area contributed by atoms with Gasteiger partial charge in [-0.3, -0.25) is 0 Å². The molecule has 2 rings (SSSR count). The Kier molecular flexibility index (Phi) is 2.23. The van der Waals surface area contributed by atoms with E-state index < -0.39 is 0 Å². The minimum Gasteiger partial charge on any atom is -0.493 e. The number of benzene rings is 1. The van der Waals surface area contributed by atoms with Crippen LogP contribution >= 0.6 is 0 Å². The van der Waals surface area contributed by atoms with Crippen molar-refractivity contribution in [3.05, 3.63) is 29.3 Å². The lowest BCUT2D eigenvalue weighted by atomic mass is 10.0. The first-order valence-corrected chi connectivity index (χ1v) is 4.76. The Hall–Kier alpha value is -1.02. The molecule has 2 N–H and O–H groups in total. The third-order valence-corrected chi connectivity index (χ3v) is 2.49. The molecule has 1 atom stereocenters. The number of ether oxygens (including phenoxy) is 1.